The van der Waals surface area contributed by atoms with Crippen LogP contribution in [0.3, 0.4) is 0 Å². The van der Waals surface area contributed by atoms with Crippen molar-refractivity contribution in [3.05, 3.63) is 49.2 Å². The van der Waals surface area contributed by atoms with Crippen LogP contribution in [0.4, 0.5) is 4.79 Å². The predicted molar refractivity (Wildman–Crippen MR) is 162 cm³/mol. The summed E-state index contributed by atoms with van der Waals surface area (Å²) in [6, 6.07) is 6.97. The number of carbonyl (C=O) groups is 4. The Bertz CT molecular complexity index is 1400. The molecule has 0 spiro atoms. The predicted octanol–water partition coefficient (Wildman–Crippen LogP) is 3.45. The summed E-state index contributed by atoms with van der Waals surface area (Å²) in [7, 11) is 0. The van der Waals surface area contributed by atoms with Crippen molar-refractivity contribution in [1.82, 2.24) is 30.5 Å². The molecule has 1 saturated heterocycles. The average Bonchev–Trinajstić information content (AvgIpc) is 3.26. The summed E-state index contributed by atoms with van der Waals surface area (Å²) in [5, 5.41) is 14.6. The molecule has 1 aliphatic carbocycles. The number of nitrogens with one attached hydrogen (secondary N) is 2. The molecule has 4 rings (SSSR count). The molecule has 13 heteroatoms. The molecule has 12 nitrogen and oxygen atoms in total. The van der Waals surface area contributed by atoms with Crippen LogP contribution in [0, 0.1) is 17.5 Å². The van der Waals surface area contributed by atoms with E-state index in [-0.39, 0.29) is 58.2 Å². The van der Waals surface area contributed by atoms with Crippen molar-refractivity contribution in [2.24, 2.45) is 11.3 Å². The molecule has 1 aliphatic heterocycles. The van der Waals surface area contributed by atoms with Crippen LogP contribution in [0.15, 0.2) is 43.0 Å². The summed E-state index contributed by atoms with van der Waals surface area (Å²) >= 11 is 0. The van der Waals surface area contributed by atoms with Gasteiger partial charge in [0.1, 0.15) is 23.2 Å². The van der Waals surface area contributed by atoms with E-state index in [1.807, 2.05) is 51.1 Å². The number of nitrogens with zero attached hydrogens (tertiary/aromatic N) is 4. The fraction of sp³-hybridized carbons (Fsp3) is 0.562. The molecule has 2 fully saturated rings. The first-order chi connectivity index (χ1) is 20.6. The van der Waals surface area contributed by atoms with Crippen molar-refractivity contribution < 1.29 is 61.4 Å². The Morgan fingerprint density at radius 1 is 1.16 bits per heavy atom. The molecular weight excluding hydrogens is 653 g/mol. The quantitative estimate of drug-likeness (QED) is 0.231. The molecule has 45 heavy (non-hydrogen) atoms. The van der Waals surface area contributed by atoms with Crippen LogP contribution in [0.1, 0.15) is 67.3 Å². The maximum Gasteiger partial charge on any atom is 0.408 e. The SMILES string of the molecule is C=C[C@@H]1C[C@]1(NC(=O)[C@@H]1C[C@@H](n2n[c-]c(-c3ccccc3)n2)CN1C(=O)[C@@H](NC(=O)OC(C)(C)C)C(C)(C)C)C(=O)OCC.[Y]. The summed E-state index contributed by atoms with van der Waals surface area (Å²) in [5.41, 5.74) is -1.39. The zero-order chi connectivity index (χ0) is 32.4. The van der Waals surface area contributed by atoms with E-state index >= 15 is 0 Å². The Kier molecular flexibility index (Phi) is 11.4. The van der Waals surface area contributed by atoms with Gasteiger partial charge in [-0.05, 0) is 39.5 Å². The molecule has 5 atom stereocenters. The standard InChI is InChI=1S/C32H43N6O6.Y/c1-9-21-17-32(21,28(41)43-10-2)35-26(39)24-16-22(38-33-18-23(36-38)20-14-12-11-13-15-20)19-37(24)27(40)25(30(3,4)5)34-29(42)44-31(6,7)8;/h9,11-15,21-22,24-25H,1,10,16-17,19H2,2-8H3,(H,34,42)(H,35,39);/q-1;/t21-,22-,24+,25-,32-;/m1./s1. The molecule has 2 N–H and O–H groups in total. The van der Waals surface area contributed by atoms with Crippen molar-refractivity contribution in [3.8, 4) is 11.3 Å². The summed E-state index contributed by atoms with van der Waals surface area (Å²) in [4.78, 5) is 56.8. The topological polar surface area (TPSA) is 145 Å². The molecule has 1 aromatic carbocycles. The minimum absolute atomic E-state index is 0. The number of hydrogen-bond acceptors (Lipinski definition) is 8. The van der Waals surface area contributed by atoms with E-state index in [1.54, 1.807) is 33.8 Å². The van der Waals surface area contributed by atoms with Crippen molar-refractivity contribution in [3.63, 3.8) is 0 Å². The molecule has 1 saturated carbocycles. The largest absolute Gasteiger partial charge is 0.464 e. The van der Waals surface area contributed by atoms with Gasteiger partial charge in [0.15, 0.2) is 0 Å². The monoisotopic (exact) mass is 696 g/mol. The van der Waals surface area contributed by atoms with Gasteiger partial charge in [0.25, 0.3) is 0 Å². The number of benzene rings is 1. The number of alkyl carbamates (subject to hydrolysis) is 1. The Labute approximate surface area is 289 Å². The Morgan fingerprint density at radius 3 is 2.38 bits per heavy atom. The second-order valence-electron chi connectivity index (χ2n) is 13.4. The van der Waals surface area contributed by atoms with Gasteiger partial charge in [0, 0.05) is 51.6 Å². The van der Waals surface area contributed by atoms with E-state index in [2.05, 4.69) is 33.6 Å². The van der Waals surface area contributed by atoms with E-state index in [1.165, 1.54) is 9.70 Å². The molecule has 1 aromatic heterocycles. The number of likely N-dealkylation sites (tertiary alicyclic amines) is 1. The van der Waals surface area contributed by atoms with Gasteiger partial charge in [-0.15, -0.1) is 24.3 Å². The van der Waals surface area contributed by atoms with Crippen molar-refractivity contribution in [1.29, 1.82) is 0 Å². The van der Waals surface area contributed by atoms with E-state index in [9.17, 15) is 19.2 Å². The van der Waals surface area contributed by atoms with Crippen LogP contribution in [-0.2, 0) is 56.6 Å². The molecule has 2 aromatic rings. The summed E-state index contributed by atoms with van der Waals surface area (Å²) in [6.07, 6.45) is 4.33. The molecule has 241 valence electrons. The first kappa shape index (κ1) is 36.4. The summed E-state index contributed by atoms with van der Waals surface area (Å²) in [6.45, 7) is 16.4. The molecule has 1 radical (unpaired) electrons. The maximum atomic E-state index is 14.3. The number of carbonyl (C=O) groups excluding carboxylic acids is 4. The molecule has 2 aliphatic rings. The number of esters is 1. The van der Waals surface area contributed by atoms with Crippen LogP contribution >= 0.6 is 0 Å². The first-order valence-corrected chi connectivity index (χ1v) is 14.9. The molecule has 0 unspecified atom stereocenters. The van der Waals surface area contributed by atoms with E-state index in [4.69, 9.17) is 9.47 Å². The Hall–Kier alpha value is -3.12. The zero-order valence-electron chi connectivity index (χ0n) is 27.1. The van der Waals surface area contributed by atoms with Crippen LogP contribution in [-0.4, -0.2) is 80.1 Å². The third-order valence-corrected chi connectivity index (χ3v) is 7.76. The van der Waals surface area contributed by atoms with Gasteiger partial charge in [-0.2, -0.15) is 5.10 Å². The second-order valence-corrected chi connectivity index (χ2v) is 13.4. The van der Waals surface area contributed by atoms with Crippen LogP contribution < -0.4 is 10.6 Å². The molecular formula is C32H43N6O6Y-. The van der Waals surface area contributed by atoms with Gasteiger partial charge in [-0.1, -0.05) is 56.9 Å². The smallest absolute Gasteiger partial charge is 0.408 e. The minimum atomic E-state index is -1.24. The molecule has 3 amide bonds. The number of hydrogen-bond donors (Lipinski definition) is 2. The first-order valence-electron chi connectivity index (χ1n) is 14.9. The summed E-state index contributed by atoms with van der Waals surface area (Å²) in [5.74, 6) is -1.81. The third kappa shape index (κ3) is 8.38. The Balaban J connectivity index is 0.00000552. The molecule has 0 bridgehead atoms. The van der Waals surface area contributed by atoms with Crippen molar-refractivity contribution in [2.75, 3.05) is 13.2 Å². The fourth-order valence-electron chi connectivity index (χ4n) is 5.41. The van der Waals surface area contributed by atoms with Crippen LogP contribution in [0.5, 0.6) is 0 Å². The van der Waals surface area contributed by atoms with Gasteiger partial charge in [-0.25, -0.2) is 14.4 Å². The van der Waals surface area contributed by atoms with E-state index in [0.717, 1.165) is 5.56 Å². The normalized spacial score (nSPS) is 23.3. The fourth-order valence-corrected chi connectivity index (χ4v) is 5.41. The number of rotatable bonds is 9. The number of ether oxygens (including phenoxy) is 2. The van der Waals surface area contributed by atoms with E-state index in [0.29, 0.717) is 12.1 Å². The zero-order valence-corrected chi connectivity index (χ0v) is 30.0. The maximum absolute atomic E-state index is 14.3. The number of aromatic nitrogens is 3. The number of amides is 3. The van der Waals surface area contributed by atoms with Gasteiger partial charge in [-0.3, -0.25) is 14.7 Å². The van der Waals surface area contributed by atoms with Crippen molar-refractivity contribution in [2.45, 2.75) is 90.6 Å². The second kappa shape index (κ2) is 14.1. The Morgan fingerprint density at radius 2 is 1.82 bits per heavy atom. The van der Waals surface area contributed by atoms with Crippen LogP contribution in [0.2, 0.25) is 0 Å². The van der Waals surface area contributed by atoms with Crippen molar-refractivity contribution >= 4 is 23.9 Å². The molecule has 2 heterocycles. The third-order valence-electron chi connectivity index (χ3n) is 7.76. The minimum Gasteiger partial charge on any atom is -0.464 e. The van der Waals surface area contributed by atoms with Gasteiger partial charge in [0.2, 0.25) is 11.8 Å². The van der Waals surface area contributed by atoms with Gasteiger partial charge < -0.3 is 25.0 Å². The van der Waals surface area contributed by atoms with E-state index < -0.39 is 58.6 Å². The van der Waals surface area contributed by atoms with Crippen LogP contribution in [0.25, 0.3) is 11.3 Å². The van der Waals surface area contributed by atoms with Gasteiger partial charge in [0.05, 0.1) is 12.6 Å². The summed E-state index contributed by atoms with van der Waals surface area (Å²) < 4.78 is 10.7. The average molecular weight is 697 g/mol. The van der Waals surface area contributed by atoms with Gasteiger partial charge >= 0.3 is 12.1 Å².